The Balaban J connectivity index is 1.89. The summed E-state index contributed by atoms with van der Waals surface area (Å²) in [4.78, 5) is 26.5. The molecular weight excluding hydrogens is 290 g/mol. The molecule has 106 valence electrons. The number of nitriles is 1. The van der Waals surface area contributed by atoms with Gasteiger partial charge in [0.05, 0.1) is 16.6 Å². The van der Waals surface area contributed by atoms with E-state index in [1.807, 2.05) is 6.07 Å². The molecule has 6 nitrogen and oxygen atoms in total. The van der Waals surface area contributed by atoms with E-state index in [1.165, 1.54) is 22.8 Å². The standard InChI is InChI=1S/C14H11N3O3S/c15-7-9-2-1-3-10(6-9)13(18)16-5-4-12-17-11(8-21-12)14(19)20/h1-3,6,8H,4-5H2,(H,16,18)(H,19,20). The van der Waals surface area contributed by atoms with Crippen molar-refractivity contribution in [2.24, 2.45) is 0 Å². The number of benzene rings is 1. The lowest BCUT2D eigenvalue weighted by Crippen LogP contribution is -2.25. The van der Waals surface area contributed by atoms with Crippen LogP contribution in [0.1, 0.15) is 31.4 Å². The summed E-state index contributed by atoms with van der Waals surface area (Å²) in [6.07, 6.45) is 0.460. The molecule has 1 aromatic heterocycles. The van der Waals surface area contributed by atoms with Crippen molar-refractivity contribution in [2.75, 3.05) is 6.54 Å². The van der Waals surface area contributed by atoms with Gasteiger partial charge in [-0.25, -0.2) is 9.78 Å². The van der Waals surface area contributed by atoms with Crippen molar-refractivity contribution in [3.8, 4) is 6.07 Å². The van der Waals surface area contributed by atoms with Crippen LogP contribution in [0.25, 0.3) is 0 Å². The first kappa shape index (κ1) is 14.7. The summed E-state index contributed by atoms with van der Waals surface area (Å²) in [7, 11) is 0. The van der Waals surface area contributed by atoms with Crippen molar-refractivity contribution in [1.82, 2.24) is 10.3 Å². The van der Waals surface area contributed by atoms with Crippen molar-refractivity contribution in [1.29, 1.82) is 5.26 Å². The molecule has 0 saturated heterocycles. The Hall–Kier alpha value is -2.72. The molecule has 1 heterocycles. The van der Waals surface area contributed by atoms with Crippen molar-refractivity contribution in [3.05, 3.63) is 51.5 Å². The lowest BCUT2D eigenvalue weighted by Gasteiger charge is -2.04. The summed E-state index contributed by atoms with van der Waals surface area (Å²) in [6, 6.07) is 8.39. The van der Waals surface area contributed by atoms with Gasteiger partial charge in [0.1, 0.15) is 0 Å². The molecule has 1 aromatic carbocycles. The molecule has 0 fully saturated rings. The number of carbonyl (C=O) groups is 2. The first-order valence-electron chi connectivity index (χ1n) is 6.06. The summed E-state index contributed by atoms with van der Waals surface area (Å²) in [6.45, 7) is 0.349. The van der Waals surface area contributed by atoms with Gasteiger partial charge in [-0.15, -0.1) is 11.3 Å². The third-order valence-electron chi connectivity index (χ3n) is 2.65. The number of thiazole rings is 1. The second-order valence-corrected chi connectivity index (χ2v) is 5.07. The third-order valence-corrected chi connectivity index (χ3v) is 3.56. The zero-order chi connectivity index (χ0) is 15.2. The van der Waals surface area contributed by atoms with E-state index in [-0.39, 0.29) is 11.6 Å². The maximum atomic E-state index is 11.9. The van der Waals surface area contributed by atoms with Gasteiger partial charge in [0.2, 0.25) is 0 Å². The number of aromatic carboxylic acids is 1. The van der Waals surface area contributed by atoms with E-state index >= 15 is 0 Å². The monoisotopic (exact) mass is 301 g/mol. The van der Waals surface area contributed by atoms with Crippen LogP contribution in [0.5, 0.6) is 0 Å². The average Bonchev–Trinajstić information content (AvgIpc) is 2.96. The summed E-state index contributed by atoms with van der Waals surface area (Å²) >= 11 is 1.25. The molecule has 2 aromatic rings. The van der Waals surface area contributed by atoms with Crippen LogP contribution in [0.15, 0.2) is 29.6 Å². The molecule has 21 heavy (non-hydrogen) atoms. The highest BCUT2D eigenvalue weighted by molar-refractivity contribution is 7.09. The first-order chi connectivity index (χ1) is 10.1. The highest BCUT2D eigenvalue weighted by atomic mass is 32.1. The van der Waals surface area contributed by atoms with Gasteiger partial charge in [0.15, 0.2) is 5.69 Å². The molecule has 0 radical (unpaired) electrons. The fraction of sp³-hybridized carbons (Fsp3) is 0.143. The zero-order valence-electron chi connectivity index (χ0n) is 10.9. The molecule has 0 aliphatic rings. The molecule has 7 heteroatoms. The number of nitrogens with zero attached hydrogens (tertiary/aromatic N) is 2. The van der Waals surface area contributed by atoms with Crippen LogP contribution >= 0.6 is 11.3 Å². The number of hydrogen-bond acceptors (Lipinski definition) is 5. The predicted octanol–water partition coefficient (Wildman–Crippen LogP) is 1.69. The minimum absolute atomic E-state index is 0.0167. The predicted molar refractivity (Wildman–Crippen MR) is 76.3 cm³/mol. The fourth-order valence-corrected chi connectivity index (χ4v) is 2.41. The number of amides is 1. The zero-order valence-corrected chi connectivity index (χ0v) is 11.7. The second kappa shape index (κ2) is 6.63. The first-order valence-corrected chi connectivity index (χ1v) is 6.94. The maximum Gasteiger partial charge on any atom is 0.355 e. The van der Waals surface area contributed by atoms with E-state index in [0.29, 0.717) is 29.1 Å². The quantitative estimate of drug-likeness (QED) is 0.874. The summed E-state index contributed by atoms with van der Waals surface area (Å²) in [5.74, 6) is -1.34. The minimum atomic E-state index is -1.06. The second-order valence-electron chi connectivity index (χ2n) is 4.13. The Morgan fingerprint density at radius 2 is 2.24 bits per heavy atom. The van der Waals surface area contributed by atoms with E-state index in [1.54, 1.807) is 18.2 Å². The number of aromatic nitrogens is 1. The molecule has 0 atom stereocenters. The lowest BCUT2D eigenvalue weighted by atomic mass is 10.1. The summed E-state index contributed by atoms with van der Waals surface area (Å²) < 4.78 is 0. The van der Waals surface area contributed by atoms with Gasteiger partial charge < -0.3 is 10.4 Å². The number of rotatable bonds is 5. The summed E-state index contributed by atoms with van der Waals surface area (Å²) in [5.41, 5.74) is 0.858. The third kappa shape index (κ3) is 3.87. The van der Waals surface area contributed by atoms with Crippen LogP contribution in [-0.4, -0.2) is 28.5 Å². The average molecular weight is 301 g/mol. The molecule has 1 amide bonds. The van der Waals surface area contributed by atoms with E-state index in [2.05, 4.69) is 10.3 Å². The van der Waals surface area contributed by atoms with Crippen LogP contribution in [-0.2, 0) is 6.42 Å². The van der Waals surface area contributed by atoms with E-state index in [0.717, 1.165) is 0 Å². The fourth-order valence-electron chi connectivity index (χ4n) is 1.64. The smallest absolute Gasteiger partial charge is 0.355 e. The van der Waals surface area contributed by atoms with Crippen molar-refractivity contribution >= 4 is 23.2 Å². The highest BCUT2D eigenvalue weighted by Crippen LogP contribution is 2.10. The van der Waals surface area contributed by atoms with Crippen LogP contribution in [0.2, 0.25) is 0 Å². The number of carboxylic acids is 1. The highest BCUT2D eigenvalue weighted by Gasteiger charge is 2.09. The summed E-state index contributed by atoms with van der Waals surface area (Å²) in [5, 5.41) is 22.4. The molecule has 0 saturated carbocycles. The molecule has 0 aliphatic heterocycles. The Morgan fingerprint density at radius 1 is 1.43 bits per heavy atom. The molecule has 2 N–H and O–H groups in total. The SMILES string of the molecule is N#Cc1cccc(C(=O)NCCc2nc(C(=O)O)cs2)c1. The Bertz CT molecular complexity index is 718. The maximum absolute atomic E-state index is 11.9. The molecular formula is C14H11N3O3S. The van der Waals surface area contributed by atoms with Crippen LogP contribution in [0.4, 0.5) is 0 Å². The van der Waals surface area contributed by atoms with Gasteiger partial charge in [-0.1, -0.05) is 6.07 Å². The van der Waals surface area contributed by atoms with E-state index in [9.17, 15) is 9.59 Å². The number of hydrogen-bond donors (Lipinski definition) is 2. The number of carboxylic acid groups (broad SMARTS) is 1. The van der Waals surface area contributed by atoms with E-state index < -0.39 is 5.97 Å². The molecule has 2 rings (SSSR count). The van der Waals surface area contributed by atoms with Crippen LogP contribution in [0, 0.1) is 11.3 Å². The van der Waals surface area contributed by atoms with Gasteiger partial charge in [0, 0.05) is 23.9 Å². The van der Waals surface area contributed by atoms with Crippen molar-refractivity contribution in [2.45, 2.75) is 6.42 Å². The largest absolute Gasteiger partial charge is 0.476 e. The molecule has 0 spiro atoms. The Kier molecular flexibility index (Phi) is 4.64. The number of carbonyl (C=O) groups excluding carboxylic acids is 1. The van der Waals surface area contributed by atoms with E-state index in [4.69, 9.17) is 10.4 Å². The Morgan fingerprint density at radius 3 is 2.90 bits per heavy atom. The van der Waals surface area contributed by atoms with Crippen molar-refractivity contribution in [3.63, 3.8) is 0 Å². The van der Waals surface area contributed by atoms with Crippen LogP contribution < -0.4 is 5.32 Å². The van der Waals surface area contributed by atoms with Crippen LogP contribution in [0.3, 0.4) is 0 Å². The normalized spacial score (nSPS) is 9.86. The van der Waals surface area contributed by atoms with Crippen molar-refractivity contribution < 1.29 is 14.7 Å². The molecule has 0 aliphatic carbocycles. The van der Waals surface area contributed by atoms with Gasteiger partial charge in [-0.05, 0) is 18.2 Å². The molecule has 0 unspecified atom stereocenters. The van der Waals surface area contributed by atoms with Gasteiger partial charge in [-0.2, -0.15) is 5.26 Å². The minimum Gasteiger partial charge on any atom is -0.476 e. The molecule has 0 bridgehead atoms. The van der Waals surface area contributed by atoms with Gasteiger partial charge in [-0.3, -0.25) is 4.79 Å². The lowest BCUT2D eigenvalue weighted by molar-refractivity contribution is 0.0690. The van der Waals surface area contributed by atoms with Gasteiger partial charge in [0.25, 0.3) is 5.91 Å². The topological polar surface area (TPSA) is 103 Å². The van der Waals surface area contributed by atoms with Gasteiger partial charge >= 0.3 is 5.97 Å². The number of nitrogens with one attached hydrogen (secondary N) is 1. The Labute approximate surface area is 124 Å².